The van der Waals surface area contributed by atoms with Gasteiger partial charge in [0, 0.05) is 25.1 Å². The quantitative estimate of drug-likeness (QED) is 0.164. The van der Waals surface area contributed by atoms with Gasteiger partial charge in [-0.25, -0.2) is 8.42 Å². The minimum Gasteiger partial charge on any atom is -0.497 e. The Morgan fingerprint density at radius 3 is 2.19 bits per heavy atom. The second-order valence-corrected chi connectivity index (χ2v) is 14.2. The summed E-state index contributed by atoms with van der Waals surface area (Å²) in [6, 6.07) is 28.0. The van der Waals surface area contributed by atoms with Crippen molar-refractivity contribution < 1.29 is 22.7 Å². The number of hydrogen-bond donors (Lipinski definition) is 1. The highest BCUT2D eigenvalue weighted by molar-refractivity contribution is 7.92. The van der Waals surface area contributed by atoms with Gasteiger partial charge in [-0.1, -0.05) is 96.7 Å². The molecule has 1 atom stereocenters. The number of nitrogens with one attached hydrogen (secondary N) is 1. The van der Waals surface area contributed by atoms with Crippen LogP contribution >= 0.6 is 23.2 Å². The van der Waals surface area contributed by atoms with Crippen LogP contribution in [-0.4, -0.2) is 50.9 Å². The van der Waals surface area contributed by atoms with E-state index in [4.69, 9.17) is 27.9 Å². The van der Waals surface area contributed by atoms with Crippen molar-refractivity contribution >= 4 is 50.7 Å². The van der Waals surface area contributed by atoms with Crippen LogP contribution in [0.5, 0.6) is 5.75 Å². The number of nitrogens with zero attached hydrogens (tertiary/aromatic N) is 2. The van der Waals surface area contributed by atoms with Crippen LogP contribution in [0.25, 0.3) is 0 Å². The smallest absolute Gasteiger partial charge is 0.264 e. The molecule has 246 valence electrons. The molecule has 0 aromatic heterocycles. The highest BCUT2D eigenvalue weighted by Gasteiger charge is 2.35. The predicted octanol–water partition coefficient (Wildman–Crippen LogP) is 6.90. The molecule has 8 nitrogen and oxygen atoms in total. The van der Waals surface area contributed by atoms with Gasteiger partial charge in [0.25, 0.3) is 10.0 Å². The molecule has 0 bridgehead atoms. The highest BCUT2D eigenvalue weighted by atomic mass is 35.5. The molecule has 1 saturated carbocycles. The molecule has 47 heavy (non-hydrogen) atoms. The number of ether oxygens (including phenoxy) is 1. The summed E-state index contributed by atoms with van der Waals surface area (Å²) in [6.45, 7) is -0.587. The molecule has 4 aromatic rings. The molecule has 1 aliphatic rings. The minimum absolute atomic E-state index is 0.00874. The first-order chi connectivity index (χ1) is 22.7. The molecule has 0 spiro atoms. The average molecular weight is 695 g/mol. The number of halogens is 2. The molecule has 0 saturated heterocycles. The molecule has 1 fully saturated rings. The molecule has 1 N–H and O–H groups in total. The molecule has 0 heterocycles. The van der Waals surface area contributed by atoms with Crippen molar-refractivity contribution in [1.29, 1.82) is 0 Å². The molecular formula is C36H37Cl2N3O5S. The van der Waals surface area contributed by atoms with Crippen molar-refractivity contribution in [2.45, 2.75) is 55.6 Å². The van der Waals surface area contributed by atoms with Gasteiger partial charge in [-0.2, -0.15) is 0 Å². The standard InChI is InChI=1S/C36H37Cl2N3O5S/c1-46-30-16-10-15-29(23-30)41(47(44,45)31-17-6-3-7-18-31)25-35(42)40(24-27-19-20-32(37)33(38)21-27)34(22-26-11-4-2-5-12-26)36(43)39-28-13-8-9-14-28/h2-7,10-12,15-21,23,28,34H,8-9,13-14,22,24-25H2,1H3,(H,39,43)/t34-/m1/s1. The summed E-state index contributed by atoms with van der Waals surface area (Å²) in [5.74, 6) is -0.442. The van der Waals surface area contributed by atoms with E-state index in [-0.39, 0.29) is 35.5 Å². The third-order valence-electron chi connectivity index (χ3n) is 8.26. The van der Waals surface area contributed by atoms with Gasteiger partial charge >= 0.3 is 0 Å². The number of anilines is 1. The number of amides is 2. The van der Waals surface area contributed by atoms with Crippen molar-refractivity contribution in [3.63, 3.8) is 0 Å². The van der Waals surface area contributed by atoms with Crippen LogP contribution in [-0.2, 0) is 32.6 Å². The number of sulfonamides is 1. The monoisotopic (exact) mass is 693 g/mol. The Labute approximate surface area is 286 Å². The summed E-state index contributed by atoms with van der Waals surface area (Å²) in [7, 11) is -2.74. The fourth-order valence-electron chi connectivity index (χ4n) is 5.77. The normalized spacial score (nSPS) is 13.9. The predicted molar refractivity (Wildman–Crippen MR) is 185 cm³/mol. The van der Waals surface area contributed by atoms with Gasteiger partial charge in [0.05, 0.1) is 27.7 Å². The first kappa shape index (κ1) is 34.3. The lowest BCUT2D eigenvalue weighted by Gasteiger charge is -2.34. The molecule has 0 aliphatic heterocycles. The lowest BCUT2D eigenvalue weighted by atomic mass is 10.0. The summed E-state index contributed by atoms with van der Waals surface area (Å²) < 4.78 is 34.8. The van der Waals surface area contributed by atoms with Crippen LogP contribution in [0.15, 0.2) is 108 Å². The van der Waals surface area contributed by atoms with E-state index in [1.165, 1.54) is 24.1 Å². The zero-order chi connectivity index (χ0) is 33.4. The van der Waals surface area contributed by atoms with Gasteiger partial charge in [-0.3, -0.25) is 13.9 Å². The summed E-state index contributed by atoms with van der Waals surface area (Å²) in [5.41, 5.74) is 1.73. The van der Waals surface area contributed by atoms with Gasteiger partial charge < -0.3 is 15.0 Å². The number of methoxy groups -OCH3 is 1. The topological polar surface area (TPSA) is 96.0 Å². The number of carbonyl (C=O) groups excluding carboxylic acids is 2. The Morgan fingerprint density at radius 2 is 1.53 bits per heavy atom. The zero-order valence-corrected chi connectivity index (χ0v) is 28.3. The van der Waals surface area contributed by atoms with E-state index in [0.29, 0.717) is 21.4 Å². The van der Waals surface area contributed by atoms with E-state index in [0.717, 1.165) is 35.6 Å². The Hall–Kier alpha value is -4.05. The van der Waals surface area contributed by atoms with Crippen molar-refractivity contribution in [3.05, 3.63) is 124 Å². The molecule has 0 unspecified atom stereocenters. The first-order valence-electron chi connectivity index (χ1n) is 15.5. The summed E-state index contributed by atoms with van der Waals surface area (Å²) in [4.78, 5) is 30.2. The van der Waals surface area contributed by atoms with E-state index < -0.39 is 28.5 Å². The van der Waals surface area contributed by atoms with Gasteiger partial charge in [-0.05, 0) is 60.4 Å². The maximum absolute atomic E-state index is 14.6. The lowest BCUT2D eigenvalue weighted by molar-refractivity contribution is -0.140. The maximum Gasteiger partial charge on any atom is 0.264 e. The molecule has 11 heteroatoms. The summed E-state index contributed by atoms with van der Waals surface area (Å²) >= 11 is 12.6. The molecule has 1 aliphatic carbocycles. The SMILES string of the molecule is COc1cccc(N(CC(=O)N(Cc2ccc(Cl)c(Cl)c2)[C@H](Cc2ccccc2)C(=O)NC2CCCC2)S(=O)(=O)c2ccccc2)c1. The summed E-state index contributed by atoms with van der Waals surface area (Å²) in [6.07, 6.45) is 3.99. The number of hydrogen-bond acceptors (Lipinski definition) is 5. The van der Waals surface area contributed by atoms with Gasteiger partial charge in [0.15, 0.2) is 0 Å². The fraction of sp³-hybridized carbons (Fsp3) is 0.278. The van der Waals surface area contributed by atoms with Gasteiger partial charge in [0.2, 0.25) is 11.8 Å². The Kier molecular flexibility index (Phi) is 11.4. The number of carbonyl (C=O) groups is 2. The van der Waals surface area contributed by atoms with E-state index in [2.05, 4.69) is 5.32 Å². The highest BCUT2D eigenvalue weighted by Crippen LogP contribution is 2.29. The van der Waals surface area contributed by atoms with Gasteiger partial charge in [0.1, 0.15) is 18.3 Å². The average Bonchev–Trinajstić information content (AvgIpc) is 3.60. The molecular weight excluding hydrogens is 657 g/mol. The molecule has 2 amide bonds. The van der Waals surface area contributed by atoms with Crippen LogP contribution < -0.4 is 14.4 Å². The van der Waals surface area contributed by atoms with Gasteiger partial charge in [-0.15, -0.1) is 0 Å². The molecule has 4 aromatic carbocycles. The Bertz CT molecular complexity index is 1790. The number of benzene rings is 4. The van der Waals surface area contributed by atoms with E-state index in [1.54, 1.807) is 60.7 Å². The van der Waals surface area contributed by atoms with E-state index in [1.807, 2.05) is 30.3 Å². The molecule has 0 radical (unpaired) electrons. The van der Waals surface area contributed by atoms with Crippen molar-refractivity contribution in [2.75, 3.05) is 18.0 Å². The van der Waals surface area contributed by atoms with E-state index in [9.17, 15) is 18.0 Å². The Balaban J connectivity index is 1.58. The largest absolute Gasteiger partial charge is 0.497 e. The van der Waals surface area contributed by atoms with Crippen LogP contribution in [0.4, 0.5) is 5.69 Å². The van der Waals surface area contributed by atoms with Crippen LogP contribution in [0, 0.1) is 0 Å². The second kappa shape index (κ2) is 15.7. The summed E-state index contributed by atoms with van der Waals surface area (Å²) in [5, 5.41) is 3.82. The van der Waals surface area contributed by atoms with E-state index >= 15 is 0 Å². The maximum atomic E-state index is 14.6. The third-order valence-corrected chi connectivity index (χ3v) is 10.8. The second-order valence-electron chi connectivity index (χ2n) is 11.5. The van der Waals surface area contributed by atoms with Crippen molar-refractivity contribution in [2.24, 2.45) is 0 Å². The van der Waals surface area contributed by atoms with Crippen LogP contribution in [0.2, 0.25) is 10.0 Å². The first-order valence-corrected chi connectivity index (χ1v) is 17.6. The van der Waals surface area contributed by atoms with Crippen LogP contribution in [0.1, 0.15) is 36.8 Å². The zero-order valence-electron chi connectivity index (χ0n) is 26.0. The minimum atomic E-state index is -4.23. The van der Waals surface area contributed by atoms with Crippen molar-refractivity contribution in [1.82, 2.24) is 10.2 Å². The lowest BCUT2D eigenvalue weighted by Crippen LogP contribution is -2.54. The van der Waals surface area contributed by atoms with Crippen LogP contribution in [0.3, 0.4) is 0 Å². The molecule has 5 rings (SSSR count). The third kappa shape index (κ3) is 8.66. The number of rotatable bonds is 13. The Morgan fingerprint density at radius 1 is 0.851 bits per heavy atom. The van der Waals surface area contributed by atoms with Crippen molar-refractivity contribution in [3.8, 4) is 5.75 Å². The fourth-order valence-corrected chi connectivity index (χ4v) is 7.52.